The molecule has 2 heteroatoms. The SMILES string of the molecule is CCCCCC1NCCOC12CCCC(C)C2. The second-order valence-electron chi connectivity index (χ2n) is 6.12. The molecule has 2 fully saturated rings. The van der Waals surface area contributed by atoms with Crippen LogP contribution in [0.4, 0.5) is 0 Å². The molecule has 3 atom stereocenters. The van der Waals surface area contributed by atoms with E-state index >= 15 is 0 Å². The minimum absolute atomic E-state index is 0.184. The van der Waals surface area contributed by atoms with Crippen molar-refractivity contribution >= 4 is 0 Å². The van der Waals surface area contributed by atoms with Gasteiger partial charge in [0, 0.05) is 12.6 Å². The van der Waals surface area contributed by atoms with E-state index in [2.05, 4.69) is 19.2 Å². The maximum absolute atomic E-state index is 6.26. The van der Waals surface area contributed by atoms with Gasteiger partial charge < -0.3 is 10.1 Å². The summed E-state index contributed by atoms with van der Waals surface area (Å²) in [6.07, 6.45) is 10.6. The highest BCUT2D eigenvalue weighted by Gasteiger charge is 2.44. The van der Waals surface area contributed by atoms with Crippen LogP contribution in [0.3, 0.4) is 0 Å². The van der Waals surface area contributed by atoms with Crippen LogP contribution in [0.15, 0.2) is 0 Å². The van der Waals surface area contributed by atoms with Gasteiger partial charge in [-0.15, -0.1) is 0 Å². The molecule has 100 valence electrons. The van der Waals surface area contributed by atoms with Gasteiger partial charge in [-0.1, -0.05) is 46.0 Å². The Balaban J connectivity index is 1.95. The molecule has 2 rings (SSSR count). The van der Waals surface area contributed by atoms with Crippen molar-refractivity contribution in [1.29, 1.82) is 0 Å². The van der Waals surface area contributed by atoms with Crippen molar-refractivity contribution in [2.75, 3.05) is 13.2 Å². The van der Waals surface area contributed by atoms with E-state index in [1.54, 1.807) is 0 Å². The molecule has 1 saturated heterocycles. The first-order valence-electron chi connectivity index (χ1n) is 7.64. The molecule has 0 radical (unpaired) electrons. The summed E-state index contributed by atoms with van der Waals surface area (Å²) in [5.74, 6) is 0.845. The van der Waals surface area contributed by atoms with Crippen LogP contribution in [0, 0.1) is 5.92 Å². The van der Waals surface area contributed by atoms with Gasteiger partial charge in [0.05, 0.1) is 12.2 Å². The van der Waals surface area contributed by atoms with Crippen LogP contribution < -0.4 is 5.32 Å². The Kier molecular flexibility index (Phi) is 4.87. The van der Waals surface area contributed by atoms with Crippen LogP contribution in [0.1, 0.15) is 65.2 Å². The van der Waals surface area contributed by atoms with Crippen molar-refractivity contribution in [3.63, 3.8) is 0 Å². The molecule has 0 aromatic rings. The van der Waals surface area contributed by atoms with E-state index in [-0.39, 0.29) is 5.60 Å². The minimum atomic E-state index is 0.184. The van der Waals surface area contributed by atoms with Crippen LogP contribution in [0.5, 0.6) is 0 Å². The van der Waals surface area contributed by atoms with Gasteiger partial charge in [-0.3, -0.25) is 0 Å². The van der Waals surface area contributed by atoms with Gasteiger partial charge in [-0.05, 0) is 25.2 Å². The molecule has 17 heavy (non-hydrogen) atoms. The van der Waals surface area contributed by atoms with Gasteiger partial charge in [-0.2, -0.15) is 0 Å². The molecule has 1 heterocycles. The first-order valence-corrected chi connectivity index (χ1v) is 7.64. The molecule has 1 aliphatic carbocycles. The van der Waals surface area contributed by atoms with Gasteiger partial charge in [0.25, 0.3) is 0 Å². The predicted molar refractivity (Wildman–Crippen MR) is 72.2 cm³/mol. The van der Waals surface area contributed by atoms with Crippen LogP contribution in [-0.4, -0.2) is 24.8 Å². The van der Waals surface area contributed by atoms with Gasteiger partial charge >= 0.3 is 0 Å². The fourth-order valence-electron chi connectivity index (χ4n) is 3.73. The highest BCUT2D eigenvalue weighted by molar-refractivity contribution is 4.99. The smallest absolute Gasteiger partial charge is 0.0837 e. The lowest BCUT2D eigenvalue weighted by molar-refractivity contribution is -0.128. The lowest BCUT2D eigenvalue weighted by Crippen LogP contribution is -2.59. The van der Waals surface area contributed by atoms with Crippen molar-refractivity contribution in [1.82, 2.24) is 5.32 Å². The maximum atomic E-state index is 6.26. The normalized spacial score (nSPS) is 38.5. The molecule has 3 unspecified atom stereocenters. The third-order valence-electron chi connectivity index (χ3n) is 4.60. The maximum Gasteiger partial charge on any atom is 0.0837 e. The molecule has 0 amide bonds. The van der Waals surface area contributed by atoms with Crippen LogP contribution in [0.2, 0.25) is 0 Å². The number of unbranched alkanes of at least 4 members (excludes halogenated alkanes) is 2. The van der Waals surface area contributed by atoms with Gasteiger partial charge in [0.1, 0.15) is 0 Å². The Morgan fingerprint density at radius 1 is 1.35 bits per heavy atom. The van der Waals surface area contributed by atoms with Crippen molar-refractivity contribution in [3.05, 3.63) is 0 Å². The number of hydrogen-bond donors (Lipinski definition) is 1. The molecule has 0 aromatic carbocycles. The van der Waals surface area contributed by atoms with E-state index in [0.29, 0.717) is 6.04 Å². The van der Waals surface area contributed by atoms with Gasteiger partial charge in [0.2, 0.25) is 0 Å². The fraction of sp³-hybridized carbons (Fsp3) is 1.00. The van der Waals surface area contributed by atoms with E-state index < -0.39 is 0 Å². The van der Waals surface area contributed by atoms with Crippen LogP contribution >= 0.6 is 0 Å². The lowest BCUT2D eigenvalue weighted by Gasteiger charge is -2.48. The molecule has 1 saturated carbocycles. The van der Waals surface area contributed by atoms with Crippen molar-refractivity contribution in [3.8, 4) is 0 Å². The summed E-state index contributed by atoms with van der Waals surface area (Å²) in [5, 5.41) is 3.73. The molecule has 2 nitrogen and oxygen atoms in total. The van der Waals surface area contributed by atoms with Crippen LogP contribution in [-0.2, 0) is 4.74 Å². The van der Waals surface area contributed by atoms with Crippen molar-refractivity contribution in [2.24, 2.45) is 5.92 Å². The lowest BCUT2D eigenvalue weighted by atomic mass is 9.72. The summed E-state index contributed by atoms with van der Waals surface area (Å²) in [7, 11) is 0. The summed E-state index contributed by atoms with van der Waals surface area (Å²) < 4.78 is 6.26. The van der Waals surface area contributed by atoms with Gasteiger partial charge in [-0.25, -0.2) is 0 Å². The Morgan fingerprint density at radius 2 is 2.24 bits per heavy atom. The molecule has 1 aliphatic heterocycles. The highest BCUT2D eigenvalue weighted by Crippen LogP contribution is 2.40. The third-order valence-corrected chi connectivity index (χ3v) is 4.60. The van der Waals surface area contributed by atoms with E-state index in [1.165, 1.54) is 51.4 Å². The Labute approximate surface area is 107 Å². The number of ether oxygens (including phenoxy) is 1. The molecule has 1 spiro atoms. The predicted octanol–water partition coefficient (Wildman–Crippen LogP) is 3.50. The third kappa shape index (κ3) is 3.23. The zero-order chi connectivity index (χ0) is 12.1. The number of rotatable bonds is 4. The average molecular weight is 239 g/mol. The van der Waals surface area contributed by atoms with E-state index in [1.807, 2.05) is 0 Å². The highest BCUT2D eigenvalue weighted by atomic mass is 16.5. The van der Waals surface area contributed by atoms with Crippen molar-refractivity contribution < 1.29 is 4.74 Å². The summed E-state index contributed by atoms with van der Waals surface area (Å²) in [6.45, 7) is 6.63. The second-order valence-corrected chi connectivity index (χ2v) is 6.12. The molecule has 0 aromatic heterocycles. The molecule has 0 bridgehead atoms. The minimum Gasteiger partial charge on any atom is -0.372 e. The quantitative estimate of drug-likeness (QED) is 0.758. The monoisotopic (exact) mass is 239 g/mol. The summed E-state index contributed by atoms with van der Waals surface area (Å²) >= 11 is 0. The second kappa shape index (κ2) is 6.19. The molecular weight excluding hydrogens is 210 g/mol. The molecule has 2 aliphatic rings. The topological polar surface area (TPSA) is 21.3 Å². The summed E-state index contributed by atoms with van der Waals surface area (Å²) in [6, 6.07) is 0.616. The zero-order valence-electron chi connectivity index (χ0n) is 11.6. The number of morpholine rings is 1. The zero-order valence-corrected chi connectivity index (χ0v) is 11.6. The first-order chi connectivity index (χ1) is 8.27. The fourth-order valence-corrected chi connectivity index (χ4v) is 3.73. The van der Waals surface area contributed by atoms with E-state index in [4.69, 9.17) is 4.74 Å². The largest absolute Gasteiger partial charge is 0.372 e. The Morgan fingerprint density at radius 3 is 3.00 bits per heavy atom. The summed E-state index contributed by atoms with van der Waals surface area (Å²) in [5.41, 5.74) is 0.184. The van der Waals surface area contributed by atoms with E-state index in [0.717, 1.165) is 19.1 Å². The van der Waals surface area contributed by atoms with Gasteiger partial charge in [0.15, 0.2) is 0 Å². The number of hydrogen-bond acceptors (Lipinski definition) is 2. The first kappa shape index (κ1) is 13.4. The van der Waals surface area contributed by atoms with Crippen molar-refractivity contribution in [2.45, 2.75) is 76.9 Å². The summed E-state index contributed by atoms with van der Waals surface area (Å²) in [4.78, 5) is 0. The standard InChI is InChI=1S/C15H29NO/c1-3-4-5-8-14-15(17-11-10-16-14)9-6-7-13(2)12-15/h13-14,16H,3-12H2,1-2H3. The Hall–Kier alpha value is -0.0800. The Bertz CT molecular complexity index is 227. The molecular formula is C15H29NO. The number of nitrogens with one attached hydrogen (secondary N) is 1. The van der Waals surface area contributed by atoms with E-state index in [9.17, 15) is 0 Å². The molecule has 1 N–H and O–H groups in total. The average Bonchev–Trinajstić information content (AvgIpc) is 2.32. The van der Waals surface area contributed by atoms with Crippen LogP contribution in [0.25, 0.3) is 0 Å².